The minimum Gasteiger partial charge on any atom is -0.304 e. The summed E-state index contributed by atoms with van der Waals surface area (Å²) in [6, 6.07) is 0. The average Bonchev–Trinajstić information content (AvgIpc) is 2.59. The van der Waals surface area contributed by atoms with E-state index in [9.17, 15) is 0 Å². The van der Waals surface area contributed by atoms with E-state index in [0.717, 1.165) is 0 Å². The maximum atomic E-state index is 2.52. The van der Waals surface area contributed by atoms with Gasteiger partial charge in [-0.15, -0.1) is 0 Å². The van der Waals surface area contributed by atoms with E-state index < -0.39 is 0 Å². The predicted molar refractivity (Wildman–Crippen MR) is 54.1 cm³/mol. The summed E-state index contributed by atoms with van der Waals surface area (Å²) in [5, 5.41) is 0. The third kappa shape index (κ3) is 3.14. The molecule has 0 amide bonds. The molecular formula is C11H22N. The first-order chi connectivity index (χ1) is 5.86. The van der Waals surface area contributed by atoms with E-state index in [1.807, 2.05) is 5.92 Å². The van der Waals surface area contributed by atoms with Crippen LogP contribution in [0.15, 0.2) is 0 Å². The summed E-state index contributed by atoms with van der Waals surface area (Å²) in [4.78, 5) is 2.52. The van der Waals surface area contributed by atoms with Gasteiger partial charge in [-0.3, -0.25) is 0 Å². The van der Waals surface area contributed by atoms with Gasteiger partial charge in [0.25, 0.3) is 0 Å². The van der Waals surface area contributed by atoms with Gasteiger partial charge < -0.3 is 4.90 Å². The van der Waals surface area contributed by atoms with Crippen LogP contribution in [0.1, 0.15) is 46.0 Å². The lowest BCUT2D eigenvalue weighted by Crippen LogP contribution is -2.24. The molecule has 0 bridgehead atoms. The van der Waals surface area contributed by atoms with Gasteiger partial charge in [-0.25, -0.2) is 0 Å². The highest BCUT2D eigenvalue weighted by Gasteiger charge is 2.15. The van der Waals surface area contributed by atoms with Crippen molar-refractivity contribution in [1.82, 2.24) is 4.90 Å². The second-order valence-corrected chi connectivity index (χ2v) is 3.73. The van der Waals surface area contributed by atoms with Crippen molar-refractivity contribution < 1.29 is 0 Å². The third-order valence-corrected chi connectivity index (χ3v) is 2.99. The molecule has 0 atom stereocenters. The molecule has 1 rings (SSSR count). The first-order valence-corrected chi connectivity index (χ1v) is 5.42. The molecule has 1 aliphatic rings. The standard InChI is InChI=1S/C11H22N/c1-3-12(4-2)10-9-11-7-5-6-8-11/h3-10H2,1-2H3. The molecule has 1 aliphatic carbocycles. The van der Waals surface area contributed by atoms with Crippen LogP contribution in [-0.4, -0.2) is 24.5 Å². The third-order valence-electron chi connectivity index (χ3n) is 2.99. The highest BCUT2D eigenvalue weighted by Crippen LogP contribution is 2.29. The Morgan fingerprint density at radius 1 is 1.08 bits per heavy atom. The quantitative estimate of drug-likeness (QED) is 0.610. The van der Waals surface area contributed by atoms with E-state index in [-0.39, 0.29) is 0 Å². The molecule has 1 heteroatoms. The van der Waals surface area contributed by atoms with Crippen molar-refractivity contribution in [3.63, 3.8) is 0 Å². The maximum absolute atomic E-state index is 2.52. The molecule has 0 unspecified atom stereocenters. The zero-order valence-corrected chi connectivity index (χ0v) is 8.60. The summed E-state index contributed by atoms with van der Waals surface area (Å²) in [6.45, 7) is 8.22. The van der Waals surface area contributed by atoms with Crippen molar-refractivity contribution in [3.05, 3.63) is 5.92 Å². The van der Waals surface area contributed by atoms with Crippen LogP contribution in [-0.2, 0) is 0 Å². The van der Waals surface area contributed by atoms with E-state index in [1.54, 1.807) is 0 Å². The molecule has 0 aliphatic heterocycles. The van der Waals surface area contributed by atoms with Crippen molar-refractivity contribution in [3.8, 4) is 0 Å². The Morgan fingerprint density at radius 2 is 1.67 bits per heavy atom. The largest absolute Gasteiger partial charge is 0.304 e. The van der Waals surface area contributed by atoms with Crippen LogP contribution in [0, 0.1) is 5.92 Å². The van der Waals surface area contributed by atoms with Gasteiger partial charge in [0, 0.05) is 0 Å². The van der Waals surface area contributed by atoms with Crippen LogP contribution >= 0.6 is 0 Å². The molecule has 0 N–H and O–H groups in total. The monoisotopic (exact) mass is 168 g/mol. The summed E-state index contributed by atoms with van der Waals surface area (Å²) in [7, 11) is 0. The van der Waals surface area contributed by atoms with E-state index in [4.69, 9.17) is 0 Å². The predicted octanol–water partition coefficient (Wildman–Crippen LogP) is 2.87. The second kappa shape index (κ2) is 5.58. The maximum Gasteiger partial charge on any atom is -0.00135 e. The Morgan fingerprint density at radius 3 is 2.17 bits per heavy atom. The zero-order valence-electron chi connectivity index (χ0n) is 8.60. The van der Waals surface area contributed by atoms with Gasteiger partial charge in [0.1, 0.15) is 0 Å². The van der Waals surface area contributed by atoms with Gasteiger partial charge in [-0.2, -0.15) is 0 Å². The van der Waals surface area contributed by atoms with Crippen LogP contribution in [0.3, 0.4) is 0 Å². The minimum atomic E-state index is 1.21. The summed E-state index contributed by atoms with van der Waals surface area (Å²) in [5.41, 5.74) is 0. The lowest BCUT2D eigenvalue weighted by Gasteiger charge is -2.19. The summed E-state index contributed by atoms with van der Waals surface area (Å²) >= 11 is 0. The molecule has 0 aromatic heterocycles. The molecule has 1 nitrogen and oxygen atoms in total. The number of hydrogen-bond acceptors (Lipinski definition) is 1. The molecule has 0 aromatic rings. The van der Waals surface area contributed by atoms with E-state index in [1.165, 1.54) is 51.7 Å². The van der Waals surface area contributed by atoms with E-state index in [2.05, 4.69) is 18.7 Å². The van der Waals surface area contributed by atoms with Gasteiger partial charge in [-0.05, 0) is 44.8 Å². The summed E-state index contributed by atoms with van der Waals surface area (Å²) < 4.78 is 0. The molecule has 0 saturated heterocycles. The zero-order chi connectivity index (χ0) is 8.81. The Bertz CT molecular complexity index is 99.6. The smallest absolute Gasteiger partial charge is 0.00135 e. The van der Waals surface area contributed by atoms with Crippen molar-refractivity contribution in [2.75, 3.05) is 19.6 Å². The van der Waals surface area contributed by atoms with E-state index >= 15 is 0 Å². The fourth-order valence-electron chi connectivity index (χ4n) is 1.98. The lowest BCUT2D eigenvalue weighted by atomic mass is 10.0. The van der Waals surface area contributed by atoms with Crippen molar-refractivity contribution in [1.29, 1.82) is 0 Å². The van der Waals surface area contributed by atoms with Crippen LogP contribution in [0.2, 0.25) is 0 Å². The van der Waals surface area contributed by atoms with Gasteiger partial charge >= 0.3 is 0 Å². The molecule has 71 valence electrons. The number of rotatable bonds is 5. The van der Waals surface area contributed by atoms with Crippen molar-refractivity contribution in [2.45, 2.75) is 46.0 Å². The summed E-state index contributed by atoms with van der Waals surface area (Å²) in [6.07, 6.45) is 7.10. The minimum absolute atomic E-state index is 1.21. The number of hydrogen-bond donors (Lipinski definition) is 0. The van der Waals surface area contributed by atoms with Crippen LogP contribution in [0.25, 0.3) is 0 Å². The lowest BCUT2D eigenvalue weighted by molar-refractivity contribution is 0.301. The van der Waals surface area contributed by atoms with Crippen LogP contribution < -0.4 is 0 Å². The molecule has 1 saturated carbocycles. The SMILES string of the molecule is CCN(CC)CC[C]1CCCC1. The van der Waals surface area contributed by atoms with Gasteiger partial charge in [0.2, 0.25) is 0 Å². The van der Waals surface area contributed by atoms with Crippen LogP contribution in [0.5, 0.6) is 0 Å². The van der Waals surface area contributed by atoms with Crippen molar-refractivity contribution in [2.24, 2.45) is 0 Å². The van der Waals surface area contributed by atoms with Crippen LogP contribution in [0.4, 0.5) is 0 Å². The molecule has 12 heavy (non-hydrogen) atoms. The number of nitrogens with zero attached hydrogens (tertiary/aromatic N) is 1. The van der Waals surface area contributed by atoms with E-state index in [0.29, 0.717) is 0 Å². The second-order valence-electron chi connectivity index (χ2n) is 3.73. The molecule has 1 fully saturated rings. The van der Waals surface area contributed by atoms with Gasteiger partial charge in [0.05, 0.1) is 0 Å². The summed E-state index contributed by atoms with van der Waals surface area (Å²) in [5.74, 6) is 1.82. The average molecular weight is 168 g/mol. The topological polar surface area (TPSA) is 3.24 Å². The first-order valence-electron chi connectivity index (χ1n) is 5.42. The highest BCUT2D eigenvalue weighted by molar-refractivity contribution is 4.94. The Balaban J connectivity index is 2.06. The molecule has 0 heterocycles. The normalized spacial score (nSPS) is 19.2. The highest BCUT2D eigenvalue weighted by atomic mass is 15.1. The fourth-order valence-corrected chi connectivity index (χ4v) is 1.98. The fraction of sp³-hybridized carbons (Fsp3) is 0.909. The molecular weight excluding hydrogens is 146 g/mol. The Labute approximate surface area is 77.1 Å². The van der Waals surface area contributed by atoms with Gasteiger partial charge in [0.15, 0.2) is 0 Å². The molecule has 0 aromatic carbocycles. The Hall–Kier alpha value is -0.0400. The molecule has 0 spiro atoms. The first kappa shape index (κ1) is 10.0. The Kier molecular flexibility index (Phi) is 4.67. The van der Waals surface area contributed by atoms with Crippen molar-refractivity contribution >= 4 is 0 Å². The molecule has 1 radical (unpaired) electrons. The van der Waals surface area contributed by atoms with Gasteiger partial charge in [-0.1, -0.05) is 26.7 Å².